The van der Waals surface area contributed by atoms with E-state index in [1.54, 1.807) is 0 Å². The van der Waals surface area contributed by atoms with E-state index in [1.165, 1.54) is 18.9 Å². The van der Waals surface area contributed by atoms with Gasteiger partial charge in [-0.25, -0.2) is 0 Å². The zero-order chi connectivity index (χ0) is 28.6. The average molecular weight is 534 g/mol. The molecule has 3 saturated carbocycles. The number of carbonyl (C=O) groups is 3. The summed E-state index contributed by atoms with van der Waals surface area (Å²) in [5, 5.41) is 9.81. The Balaban J connectivity index is 1.58. The van der Waals surface area contributed by atoms with Crippen LogP contribution in [0.25, 0.3) is 0 Å². The number of nitriles is 1. The maximum absolute atomic E-state index is 14.5. The van der Waals surface area contributed by atoms with Crippen molar-refractivity contribution in [2.45, 2.75) is 106 Å². The van der Waals surface area contributed by atoms with Crippen molar-refractivity contribution < 1.29 is 19.1 Å². The molecule has 0 aromatic heterocycles. The molecule has 3 unspecified atom stereocenters. The van der Waals surface area contributed by atoms with Crippen LogP contribution in [0.3, 0.4) is 0 Å². The molecule has 0 amide bonds. The molecule has 0 heterocycles. The van der Waals surface area contributed by atoms with Crippen LogP contribution >= 0.6 is 0 Å². The number of fused-ring (bicyclic) bond motifs is 7. The first-order valence-electron chi connectivity index (χ1n) is 15.2. The van der Waals surface area contributed by atoms with Gasteiger partial charge in [0.15, 0.2) is 11.6 Å². The van der Waals surface area contributed by atoms with Gasteiger partial charge in [-0.15, -0.1) is 0 Å². The van der Waals surface area contributed by atoms with Gasteiger partial charge in [0.05, 0.1) is 12.2 Å². The summed E-state index contributed by atoms with van der Waals surface area (Å²) in [5.74, 6) is 0.168. The summed E-state index contributed by atoms with van der Waals surface area (Å²) < 4.78 is 5.31. The number of allylic oxidation sites excluding steroid dienone is 4. The highest BCUT2D eigenvalue weighted by Crippen LogP contribution is 2.74. The number of nitrogens with zero attached hydrogens (tertiary/aromatic N) is 1. The highest BCUT2D eigenvalue weighted by Gasteiger charge is 2.68. The molecule has 0 N–H and O–H groups in total. The lowest BCUT2D eigenvalue weighted by atomic mass is 9.34. The van der Waals surface area contributed by atoms with Crippen molar-refractivity contribution in [1.29, 1.82) is 5.26 Å². The SMILES string of the molecule is CC(=O)OCCC[C@]12CCC(C)(C)CC1C1C(=O)C=C3[C@@]4(C)C=C(C#N)C(=O)[C@@H](C)C4CC[C@@]3(C)[C@]1(C)CC2. The van der Waals surface area contributed by atoms with Crippen LogP contribution in [0, 0.1) is 62.1 Å². The van der Waals surface area contributed by atoms with Crippen LogP contribution in [0.2, 0.25) is 0 Å². The Bertz CT molecular complexity index is 1200. The van der Waals surface area contributed by atoms with Gasteiger partial charge < -0.3 is 4.74 Å². The second kappa shape index (κ2) is 9.15. The van der Waals surface area contributed by atoms with E-state index in [9.17, 15) is 19.6 Å². The Labute approximate surface area is 234 Å². The van der Waals surface area contributed by atoms with E-state index in [4.69, 9.17) is 4.74 Å². The highest BCUT2D eigenvalue weighted by molar-refractivity contribution is 6.02. The second-order valence-corrected chi connectivity index (χ2v) is 15.2. The fourth-order valence-electron chi connectivity index (χ4n) is 10.4. The van der Waals surface area contributed by atoms with Crippen molar-refractivity contribution >= 4 is 17.5 Å². The minimum absolute atomic E-state index is 0.0319. The summed E-state index contributed by atoms with van der Waals surface area (Å²) in [6.45, 7) is 15.6. The van der Waals surface area contributed by atoms with Gasteiger partial charge in [-0.05, 0) is 97.4 Å². The van der Waals surface area contributed by atoms with Crippen molar-refractivity contribution in [2.24, 2.45) is 50.7 Å². The van der Waals surface area contributed by atoms with Crippen LogP contribution in [0.1, 0.15) is 106 Å². The predicted molar refractivity (Wildman–Crippen MR) is 150 cm³/mol. The smallest absolute Gasteiger partial charge is 0.302 e. The third kappa shape index (κ3) is 4.02. The van der Waals surface area contributed by atoms with Crippen LogP contribution in [-0.2, 0) is 19.1 Å². The van der Waals surface area contributed by atoms with Crippen molar-refractivity contribution in [3.8, 4) is 6.07 Å². The normalized spacial score (nSPS) is 44.5. The number of carbonyl (C=O) groups excluding carboxylic acids is 3. The molecule has 8 atom stereocenters. The fraction of sp³-hybridized carbons (Fsp3) is 0.765. The first-order chi connectivity index (χ1) is 18.1. The van der Waals surface area contributed by atoms with Crippen LogP contribution in [-0.4, -0.2) is 24.1 Å². The van der Waals surface area contributed by atoms with E-state index in [0.29, 0.717) is 12.5 Å². The molecule has 0 radical (unpaired) electrons. The fourth-order valence-corrected chi connectivity index (χ4v) is 10.4. The minimum atomic E-state index is -0.459. The molecule has 5 nitrogen and oxygen atoms in total. The Hall–Kier alpha value is -2.22. The van der Waals surface area contributed by atoms with Gasteiger partial charge in [-0.2, -0.15) is 5.26 Å². The highest BCUT2D eigenvalue weighted by atomic mass is 16.5. The zero-order valence-corrected chi connectivity index (χ0v) is 25.1. The third-order valence-electron chi connectivity index (χ3n) is 12.8. The molecule has 0 spiro atoms. The molecule has 5 aliphatic carbocycles. The van der Waals surface area contributed by atoms with Crippen molar-refractivity contribution in [1.82, 2.24) is 0 Å². The lowest BCUT2D eigenvalue weighted by molar-refractivity contribution is -0.171. The quantitative estimate of drug-likeness (QED) is 0.283. The first-order valence-corrected chi connectivity index (χ1v) is 15.2. The molecule has 0 bridgehead atoms. The standard InChI is InChI=1S/C34H47NO4/c1-21-24-9-11-32(6)27(31(24,5)18-23(20-35)29(21)38)17-26(37)28-25-19-30(3,4)12-14-34(25,15-13-33(28,32)7)10-8-16-39-22(2)36/h17-18,21,24-25,28H,8-16,19H2,1-7H3/t21-,24?,25?,28?,31-,32+,33+,34+/m0/s1. The summed E-state index contributed by atoms with van der Waals surface area (Å²) in [5.41, 5.74) is 0.929. The first kappa shape index (κ1) is 28.3. The minimum Gasteiger partial charge on any atom is -0.466 e. The molecule has 212 valence electrons. The summed E-state index contributed by atoms with van der Waals surface area (Å²) >= 11 is 0. The van der Waals surface area contributed by atoms with Gasteiger partial charge in [-0.3, -0.25) is 14.4 Å². The van der Waals surface area contributed by atoms with Gasteiger partial charge in [0, 0.05) is 24.2 Å². The van der Waals surface area contributed by atoms with Gasteiger partial charge in [0.2, 0.25) is 0 Å². The number of hydrogen-bond acceptors (Lipinski definition) is 5. The number of esters is 1. The van der Waals surface area contributed by atoms with Crippen molar-refractivity contribution in [3.05, 3.63) is 23.3 Å². The molecule has 0 aromatic rings. The number of ketones is 2. The molecule has 39 heavy (non-hydrogen) atoms. The summed E-state index contributed by atoms with van der Waals surface area (Å²) in [4.78, 5) is 38.8. The number of rotatable bonds is 4. The summed E-state index contributed by atoms with van der Waals surface area (Å²) in [6, 6.07) is 2.18. The van der Waals surface area contributed by atoms with E-state index < -0.39 is 5.41 Å². The van der Waals surface area contributed by atoms with Gasteiger partial charge >= 0.3 is 5.97 Å². The zero-order valence-electron chi connectivity index (χ0n) is 25.1. The number of Topliss-reactive ketones (excluding diaryl/α,β-unsaturated/α-hetero) is 1. The molecule has 0 saturated heterocycles. The molecule has 5 rings (SSSR count). The molecular weight excluding hydrogens is 486 g/mol. The maximum Gasteiger partial charge on any atom is 0.302 e. The third-order valence-corrected chi connectivity index (χ3v) is 12.8. The van der Waals surface area contributed by atoms with Crippen LogP contribution in [0.4, 0.5) is 0 Å². The molecular formula is C34H47NO4. The van der Waals surface area contributed by atoms with E-state index in [2.05, 4.69) is 40.7 Å². The van der Waals surface area contributed by atoms with Gasteiger partial charge in [0.1, 0.15) is 6.07 Å². The largest absolute Gasteiger partial charge is 0.466 e. The van der Waals surface area contributed by atoms with E-state index in [0.717, 1.165) is 51.4 Å². The molecule has 0 aliphatic heterocycles. The average Bonchev–Trinajstić information content (AvgIpc) is 2.86. The van der Waals surface area contributed by atoms with Crippen LogP contribution in [0.5, 0.6) is 0 Å². The van der Waals surface area contributed by atoms with E-state index >= 15 is 0 Å². The molecule has 3 fully saturated rings. The second-order valence-electron chi connectivity index (χ2n) is 15.2. The monoisotopic (exact) mass is 533 g/mol. The molecule has 5 aliphatic rings. The maximum atomic E-state index is 14.5. The van der Waals surface area contributed by atoms with E-state index in [-0.39, 0.29) is 62.5 Å². The number of ether oxygens (including phenoxy) is 1. The summed E-state index contributed by atoms with van der Waals surface area (Å²) in [6.07, 6.45) is 13.1. The van der Waals surface area contributed by atoms with Gasteiger partial charge in [0.25, 0.3) is 0 Å². The molecule has 0 aromatic carbocycles. The number of hydrogen-bond donors (Lipinski definition) is 0. The van der Waals surface area contributed by atoms with E-state index in [1.807, 2.05) is 19.1 Å². The molecule has 5 heteroatoms. The Morgan fingerprint density at radius 3 is 2.41 bits per heavy atom. The lowest BCUT2D eigenvalue weighted by Gasteiger charge is -2.69. The Kier molecular flexibility index (Phi) is 6.64. The van der Waals surface area contributed by atoms with Gasteiger partial charge in [-0.1, -0.05) is 53.2 Å². The van der Waals surface area contributed by atoms with Crippen molar-refractivity contribution in [3.63, 3.8) is 0 Å². The Morgan fingerprint density at radius 2 is 1.74 bits per heavy atom. The Morgan fingerprint density at radius 1 is 1.05 bits per heavy atom. The topological polar surface area (TPSA) is 84.2 Å². The lowest BCUT2D eigenvalue weighted by Crippen LogP contribution is -2.64. The van der Waals surface area contributed by atoms with Crippen LogP contribution in [0.15, 0.2) is 23.3 Å². The van der Waals surface area contributed by atoms with Crippen LogP contribution < -0.4 is 0 Å². The predicted octanol–water partition coefficient (Wildman–Crippen LogP) is 7.16. The summed E-state index contributed by atoms with van der Waals surface area (Å²) in [7, 11) is 0. The van der Waals surface area contributed by atoms with Crippen molar-refractivity contribution in [2.75, 3.05) is 6.61 Å².